The molecule has 1 aromatic heterocycles. The predicted octanol–water partition coefficient (Wildman–Crippen LogP) is 4.11. The van der Waals surface area contributed by atoms with Gasteiger partial charge in [-0.1, -0.05) is 12.1 Å². The summed E-state index contributed by atoms with van der Waals surface area (Å²) in [5, 5.41) is 13.2. The van der Waals surface area contributed by atoms with E-state index in [2.05, 4.69) is 20.8 Å². The maximum Gasteiger partial charge on any atom is 0.453 e. The summed E-state index contributed by atoms with van der Waals surface area (Å²) in [7, 11) is 1.51. The van der Waals surface area contributed by atoms with Crippen molar-refractivity contribution in [2.75, 3.05) is 13.7 Å². The Morgan fingerprint density at radius 3 is 2.77 bits per heavy atom. The molecule has 6 nitrogen and oxygen atoms in total. The summed E-state index contributed by atoms with van der Waals surface area (Å²) in [6.45, 7) is 0.814. The number of piperidine rings is 1. The molecule has 0 spiro atoms. The fourth-order valence-electron chi connectivity index (χ4n) is 4.14. The number of aromatic nitrogens is 4. The molecule has 0 radical (unpaired) electrons. The van der Waals surface area contributed by atoms with Gasteiger partial charge in [0.15, 0.2) is 0 Å². The zero-order valence-corrected chi connectivity index (χ0v) is 16.7. The van der Waals surface area contributed by atoms with Crippen molar-refractivity contribution in [1.29, 1.82) is 0 Å². The molecule has 31 heavy (non-hydrogen) atoms. The van der Waals surface area contributed by atoms with Gasteiger partial charge in [-0.2, -0.15) is 17.9 Å². The van der Waals surface area contributed by atoms with Crippen molar-refractivity contribution in [1.82, 2.24) is 25.5 Å². The van der Waals surface area contributed by atoms with Crippen LogP contribution in [0.15, 0.2) is 42.5 Å². The number of ether oxygens (including phenoxy) is 1. The molecule has 0 saturated carbocycles. The molecule has 1 aliphatic heterocycles. The Balaban J connectivity index is 1.67. The largest absolute Gasteiger partial charge is 0.496 e. The van der Waals surface area contributed by atoms with Gasteiger partial charge in [0, 0.05) is 6.04 Å². The lowest BCUT2D eigenvalue weighted by Gasteiger charge is -2.33. The van der Waals surface area contributed by atoms with Crippen LogP contribution in [0.5, 0.6) is 5.75 Å². The van der Waals surface area contributed by atoms with Gasteiger partial charge in [-0.3, -0.25) is 0 Å². The van der Waals surface area contributed by atoms with Gasteiger partial charge in [-0.05, 0) is 83.6 Å². The summed E-state index contributed by atoms with van der Waals surface area (Å²) in [5.41, 5.74) is 1.78. The van der Waals surface area contributed by atoms with Crippen LogP contribution in [-0.2, 0) is 12.6 Å². The lowest BCUT2D eigenvalue weighted by atomic mass is 9.82. The standard InChI is InChI=1S/C21H21F4N5O/c1-31-18-8-7-17(30-20(21(23,24)25)27-28-29-30)12-15(18)10-13-5-3-9-26-19(13)14-4-2-6-16(22)11-14/h2,4,6-8,11-13,19,26H,3,5,9-10H2,1H3/t13-,19-/m0/s1. The highest BCUT2D eigenvalue weighted by molar-refractivity contribution is 5.45. The van der Waals surface area contributed by atoms with E-state index in [0.717, 1.165) is 30.5 Å². The van der Waals surface area contributed by atoms with Crippen LogP contribution in [0.25, 0.3) is 5.69 Å². The topological polar surface area (TPSA) is 64.9 Å². The third-order valence-electron chi connectivity index (χ3n) is 5.51. The minimum Gasteiger partial charge on any atom is -0.496 e. The van der Waals surface area contributed by atoms with Crippen molar-refractivity contribution in [2.24, 2.45) is 5.92 Å². The average molecular weight is 435 g/mol. The SMILES string of the molecule is COc1ccc(-n2nnnc2C(F)(F)F)cc1C[C@@H]1CCCN[C@@H]1c1cccc(F)c1. The zero-order chi connectivity index (χ0) is 22.0. The van der Waals surface area contributed by atoms with Gasteiger partial charge in [0.1, 0.15) is 11.6 Å². The second-order valence-electron chi connectivity index (χ2n) is 7.50. The Morgan fingerprint density at radius 1 is 1.19 bits per heavy atom. The average Bonchev–Trinajstić information content (AvgIpc) is 3.25. The Kier molecular flexibility index (Phi) is 5.90. The summed E-state index contributed by atoms with van der Waals surface area (Å²) in [6.07, 6.45) is -2.31. The smallest absolute Gasteiger partial charge is 0.453 e. The Bertz CT molecular complexity index is 1050. The van der Waals surface area contributed by atoms with Crippen LogP contribution in [-0.4, -0.2) is 33.9 Å². The Morgan fingerprint density at radius 2 is 2.03 bits per heavy atom. The maximum absolute atomic E-state index is 13.8. The molecule has 2 atom stereocenters. The predicted molar refractivity (Wildman–Crippen MR) is 104 cm³/mol. The highest BCUT2D eigenvalue weighted by Gasteiger charge is 2.38. The molecule has 0 bridgehead atoms. The highest BCUT2D eigenvalue weighted by Crippen LogP contribution is 2.36. The number of rotatable bonds is 5. The van der Waals surface area contributed by atoms with Crippen molar-refractivity contribution < 1.29 is 22.3 Å². The fraction of sp³-hybridized carbons (Fsp3) is 0.381. The van der Waals surface area contributed by atoms with Crippen molar-refractivity contribution in [3.63, 3.8) is 0 Å². The molecule has 2 heterocycles. The van der Waals surface area contributed by atoms with Gasteiger partial charge < -0.3 is 10.1 Å². The van der Waals surface area contributed by atoms with Crippen LogP contribution in [0.1, 0.15) is 35.8 Å². The number of tetrazole rings is 1. The van der Waals surface area contributed by atoms with Gasteiger partial charge in [0.25, 0.3) is 5.82 Å². The summed E-state index contributed by atoms with van der Waals surface area (Å²) >= 11 is 0. The van der Waals surface area contributed by atoms with Crippen LogP contribution in [0.2, 0.25) is 0 Å². The molecule has 164 valence electrons. The second kappa shape index (κ2) is 8.62. The molecular formula is C21H21F4N5O. The van der Waals surface area contributed by atoms with Crippen LogP contribution in [0, 0.1) is 11.7 Å². The number of hydrogen-bond acceptors (Lipinski definition) is 5. The van der Waals surface area contributed by atoms with E-state index in [1.165, 1.54) is 25.3 Å². The van der Waals surface area contributed by atoms with Crippen molar-refractivity contribution in [3.05, 3.63) is 65.2 Å². The van der Waals surface area contributed by atoms with Gasteiger partial charge in [-0.25, -0.2) is 4.39 Å². The number of halogens is 4. The van der Waals surface area contributed by atoms with Crippen molar-refractivity contribution in [2.45, 2.75) is 31.5 Å². The van der Waals surface area contributed by atoms with Gasteiger partial charge in [-0.15, -0.1) is 5.10 Å². The molecule has 1 aliphatic rings. The third kappa shape index (κ3) is 4.53. The Labute approximate surface area is 176 Å². The van der Waals surface area contributed by atoms with E-state index >= 15 is 0 Å². The van der Waals surface area contributed by atoms with E-state index in [0.29, 0.717) is 16.9 Å². The molecule has 0 amide bonds. The summed E-state index contributed by atoms with van der Waals surface area (Å²) < 4.78 is 59.6. The Hall–Kier alpha value is -3.01. The van der Waals surface area contributed by atoms with Crippen LogP contribution in [0.4, 0.5) is 17.6 Å². The van der Waals surface area contributed by atoms with Crippen LogP contribution < -0.4 is 10.1 Å². The summed E-state index contributed by atoms with van der Waals surface area (Å²) in [4.78, 5) is 0. The minimum absolute atomic E-state index is 0.0726. The van der Waals surface area contributed by atoms with E-state index < -0.39 is 12.0 Å². The molecule has 0 aliphatic carbocycles. The highest BCUT2D eigenvalue weighted by atomic mass is 19.4. The lowest BCUT2D eigenvalue weighted by molar-refractivity contribution is -0.146. The molecule has 10 heteroatoms. The first kappa shape index (κ1) is 21.2. The number of benzene rings is 2. The molecule has 3 aromatic rings. The van der Waals surface area contributed by atoms with E-state index in [9.17, 15) is 17.6 Å². The number of hydrogen-bond donors (Lipinski definition) is 1. The number of alkyl halides is 3. The van der Waals surface area contributed by atoms with Gasteiger partial charge in [0.2, 0.25) is 0 Å². The zero-order valence-electron chi connectivity index (χ0n) is 16.7. The maximum atomic E-state index is 13.8. The van der Waals surface area contributed by atoms with Crippen molar-refractivity contribution >= 4 is 0 Å². The van der Waals surface area contributed by atoms with Crippen LogP contribution in [0.3, 0.4) is 0 Å². The molecule has 4 rings (SSSR count). The van der Waals surface area contributed by atoms with Gasteiger partial charge in [0.05, 0.1) is 12.8 Å². The first-order chi connectivity index (χ1) is 14.9. The van der Waals surface area contributed by atoms with Crippen molar-refractivity contribution in [3.8, 4) is 11.4 Å². The van der Waals surface area contributed by atoms with E-state index in [1.807, 2.05) is 6.07 Å². The summed E-state index contributed by atoms with van der Waals surface area (Å²) in [5.74, 6) is -0.827. The normalized spacial score (nSPS) is 19.4. The van der Waals surface area contributed by atoms with Crippen LogP contribution >= 0.6 is 0 Å². The fourth-order valence-corrected chi connectivity index (χ4v) is 4.14. The number of nitrogens with one attached hydrogen (secondary N) is 1. The molecular weight excluding hydrogens is 414 g/mol. The quantitative estimate of drug-likeness (QED) is 0.611. The number of methoxy groups -OCH3 is 1. The summed E-state index contributed by atoms with van der Waals surface area (Å²) in [6, 6.07) is 11.1. The molecule has 1 saturated heterocycles. The molecule has 2 aromatic carbocycles. The minimum atomic E-state index is -4.68. The first-order valence-corrected chi connectivity index (χ1v) is 9.88. The molecule has 1 fully saturated rings. The van der Waals surface area contributed by atoms with E-state index in [4.69, 9.17) is 4.74 Å². The third-order valence-corrected chi connectivity index (χ3v) is 5.51. The molecule has 1 N–H and O–H groups in total. The first-order valence-electron chi connectivity index (χ1n) is 9.88. The lowest BCUT2D eigenvalue weighted by Crippen LogP contribution is -2.35. The van der Waals surface area contributed by atoms with Gasteiger partial charge >= 0.3 is 6.18 Å². The van der Waals surface area contributed by atoms with E-state index in [-0.39, 0.29) is 23.5 Å². The van der Waals surface area contributed by atoms with E-state index in [1.54, 1.807) is 18.2 Å². The second-order valence-corrected chi connectivity index (χ2v) is 7.50. The molecule has 0 unspecified atom stereocenters. The monoisotopic (exact) mass is 435 g/mol. The number of nitrogens with zero attached hydrogens (tertiary/aromatic N) is 4.